The van der Waals surface area contributed by atoms with E-state index >= 15 is 0 Å². The van der Waals surface area contributed by atoms with Crippen LogP contribution in [0.5, 0.6) is 17.2 Å². The number of nitrogens with zero attached hydrogens (tertiary/aromatic N) is 2. The zero-order valence-electron chi connectivity index (χ0n) is 16.6. The third-order valence-corrected chi connectivity index (χ3v) is 5.27. The lowest BCUT2D eigenvalue weighted by atomic mass is 10.0. The van der Waals surface area contributed by atoms with Crippen molar-refractivity contribution in [2.45, 2.75) is 6.54 Å². The number of rotatable bonds is 4. The topological polar surface area (TPSA) is 78.5 Å². The summed E-state index contributed by atoms with van der Waals surface area (Å²) in [5.41, 5.74) is 6.79. The van der Waals surface area contributed by atoms with Crippen molar-refractivity contribution in [1.82, 2.24) is 9.55 Å². The fourth-order valence-corrected chi connectivity index (χ4v) is 3.75. The molecule has 31 heavy (non-hydrogen) atoms. The highest BCUT2D eigenvalue weighted by Crippen LogP contribution is 2.31. The maximum absolute atomic E-state index is 9.68. The number of phenolic OH excluding ortho intramolecular Hbond substituents is 3. The molecular formula is C26H20N2O3. The number of benzene rings is 3. The lowest BCUT2D eigenvalue weighted by molar-refractivity contribution is 0.449. The Morgan fingerprint density at radius 1 is 0.581 bits per heavy atom. The first kappa shape index (κ1) is 18.8. The Hall–Kier alpha value is -4.25. The van der Waals surface area contributed by atoms with E-state index in [0.717, 1.165) is 39.2 Å². The van der Waals surface area contributed by atoms with Gasteiger partial charge in [0.1, 0.15) is 17.2 Å². The van der Waals surface area contributed by atoms with Crippen molar-refractivity contribution in [3.8, 4) is 50.9 Å². The second-order valence-electron chi connectivity index (χ2n) is 7.58. The molecule has 0 atom stereocenters. The fraction of sp³-hybridized carbons (Fsp3) is 0.0385. The van der Waals surface area contributed by atoms with E-state index in [1.54, 1.807) is 24.3 Å². The fourth-order valence-electron chi connectivity index (χ4n) is 3.75. The Kier molecular flexibility index (Phi) is 4.56. The highest BCUT2D eigenvalue weighted by molar-refractivity contribution is 5.75. The molecule has 3 N–H and O–H groups in total. The van der Waals surface area contributed by atoms with E-state index in [1.165, 1.54) is 6.07 Å². The molecule has 152 valence electrons. The summed E-state index contributed by atoms with van der Waals surface area (Å²) in [6.07, 6.45) is 3.92. The van der Waals surface area contributed by atoms with Crippen LogP contribution in [0.1, 0.15) is 5.56 Å². The van der Waals surface area contributed by atoms with Crippen LogP contribution in [-0.4, -0.2) is 24.9 Å². The number of hydrogen-bond donors (Lipinski definition) is 3. The molecule has 0 aliphatic carbocycles. The van der Waals surface area contributed by atoms with E-state index in [2.05, 4.69) is 18.2 Å². The quantitative estimate of drug-likeness (QED) is 0.368. The number of pyridine rings is 1. The van der Waals surface area contributed by atoms with Gasteiger partial charge in [0, 0.05) is 36.1 Å². The van der Waals surface area contributed by atoms with E-state index in [9.17, 15) is 15.3 Å². The smallest absolute Gasteiger partial charge is 0.119 e. The number of phenols is 3. The van der Waals surface area contributed by atoms with Gasteiger partial charge >= 0.3 is 0 Å². The first-order valence-electron chi connectivity index (χ1n) is 9.92. The summed E-state index contributed by atoms with van der Waals surface area (Å²) < 4.78 is 1.97. The Bertz CT molecular complexity index is 1300. The summed E-state index contributed by atoms with van der Waals surface area (Å²) >= 11 is 0. The van der Waals surface area contributed by atoms with Gasteiger partial charge in [0.2, 0.25) is 0 Å². The predicted octanol–water partition coefficient (Wildman–Crippen LogP) is 5.49. The number of aromatic nitrogens is 2. The molecule has 0 saturated carbocycles. The molecule has 5 rings (SSSR count). The molecule has 0 saturated heterocycles. The van der Waals surface area contributed by atoms with Crippen LogP contribution in [0, 0.1) is 0 Å². The van der Waals surface area contributed by atoms with Gasteiger partial charge in [-0.25, -0.2) is 4.98 Å². The third-order valence-electron chi connectivity index (χ3n) is 5.27. The molecule has 2 aliphatic heterocycles. The van der Waals surface area contributed by atoms with Gasteiger partial charge in [-0.1, -0.05) is 36.4 Å². The maximum Gasteiger partial charge on any atom is 0.119 e. The molecule has 0 spiro atoms. The Labute approximate surface area is 179 Å². The summed E-state index contributed by atoms with van der Waals surface area (Å²) in [4.78, 5) is 4.78. The average molecular weight is 408 g/mol. The minimum Gasteiger partial charge on any atom is -0.508 e. The van der Waals surface area contributed by atoms with Crippen molar-refractivity contribution in [3.63, 3.8) is 0 Å². The average Bonchev–Trinajstić information content (AvgIpc) is 3.17. The Balaban J connectivity index is 1.41. The molecule has 0 radical (unpaired) electrons. The van der Waals surface area contributed by atoms with Gasteiger partial charge in [0.25, 0.3) is 0 Å². The highest BCUT2D eigenvalue weighted by Gasteiger charge is 2.11. The van der Waals surface area contributed by atoms with Crippen LogP contribution in [0.4, 0.5) is 0 Å². The standard InChI is InChI=1S/C26H20N2O3/c29-22-7-5-19(6-8-22)18-1-3-20(4-2-18)25-13-21-9-10-28(16-26(21)27-25)15-17-11-23(30)14-24(31)12-17/h1-14,16,29-31H,15H2. The second kappa shape index (κ2) is 7.54. The van der Waals surface area contributed by atoms with Gasteiger partial charge in [-0.2, -0.15) is 0 Å². The molecule has 2 aliphatic rings. The van der Waals surface area contributed by atoms with Crippen molar-refractivity contribution < 1.29 is 15.3 Å². The molecule has 0 aromatic heterocycles. The highest BCUT2D eigenvalue weighted by atomic mass is 16.3. The van der Waals surface area contributed by atoms with E-state index in [1.807, 2.05) is 47.3 Å². The summed E-state index contributed by atoms with van der Waals surface area (Å²) in [6, 6.07) is 24.0. The molecule has 5 nitrogen and oxygen atoms in total. The van der Waals surface area contributed by atoms with Gasteiger partial charge in [0.05, 0.1) is 11.4 Å². The number of hydrogen-bond acceptors (Lipinski definition) is 4. The molecule has 0 amide bonds. The molecule has 2 heterocycles. The normalized spacial score (nSPS) is 11.1. The zero-order chi connectivity index (χ0) is 21.4. The summed E-state index contributed by atoms with van der Waals surface area (Å²) in [5, 5.41) is 28.8. The molecule has 5 heteroatoms. The van der Waals surface area contributed by atoms with Gasteiger partial charge < -0.3 is 19.9 Å². The monoisotopic (exact) mass is 408 g/mol. The molecule has 3 aromatic carbocycles. The first-order valence-corrected chi connectivity index (χ1v) is 9.92. The second-order valence-corrected chi connectivity index (χ2v) is 7.58. The summed E-state index contributed by atoms with van der Waals surface area (Å²) in [7, 11) is 0. The van der Waals surface area contributed by atoms with Crippen LogP contribution < -0.4 is 0 Å². The molecule has 0 fully saturated rings. The minimum atomic E-state index is 0.0427. The van der Waals surface area contributed by atoms with Crippen LogP contribution in [-0.2, 0) is 6.54 Å². The minimum absolute atomic E-state index is 0.0427. The van der Waals surface area contributed by atoms with Gasteiger partial charge in [-0.3, -0.25) is 0 Å². The number of aromatic hydroxyl groups is 3. The van der Waals surface area contributed by atoms with Crippen LogP contribution in [0.15, 0.2) is 91.3 Å². The van der Waals surface area contributed by atoms with Crippen molar-refractivity contribution in [2.75, 3.05) is 0 Å². The first-order chi connectivity index (χ1) is 15.0. The van der Waals surface area contributed by atoms with E-state index in [0.29, 0.717) is 6.54 Å². The van der Waals surface area contributed by atoms with Crippen LogP contribution in [0.3, 0.4) is 0 Å². The van der Waals surface area contributed by atoms with Crippen LogP contribution in [0.25, 0.3) is 33.6 Å². The lowest BCUT2D eigenvalue weighted by Crippen LogP contribution is -2.00. The van der Waals surface area contributed by atoms with Crippen molar-refractivity contribution in [2.24, 2.45) is 0 Å². The van der Waals surface area contributed by atoms with Crippen molar-refractivity contribution in [3.05, 3.63) is 96.8 Å². The largest absolute Gasteiger partial charge is 0.508 e. The molecular weight excluding hydrogens is 388 g/mol. The maximum atomic E-state index is 9.68. The van der Waals surface area contributed by atoms with E-state index in [4.69, 9.17) is 4.98 Å². The van der Waals surface area contributed by atoms with Crippen LogP contribution >= 0.6 is 0 Å². The van der Waals surface area contributed by atoms with E-state index < -0.39 is 0 Å². The zero-order valence-corrected chi connectivity index (χ0v) is 16.6. The van der Waals surface area contributed by atoms with Crippen LogP contribution in [0.2, 0.25) is 0 Å². The van der Waals surface area contributed by atoms with Gasteiger partial charge in [-0.15, -0.1) is 0 Å². The lowest BCUT2D eigenvalue weighted by Gasteiger charge is -2.09. The van der Waals surface area contributed by atoms with E-state index in [-0.39, 0.29) is 17.2 Å². The Morgan fingerprint density at radius 3 is 1.87 bits per heavy atom. The SMILES string of the molecule is Oc1ccc(-c2ccc(-c3cc4ccn(Cc5cc(O)cc(O)c5)cc-4n3)cc2)cc1. The van der Waals surface area contributed by atoms with Gasteiger partial charge in [0.15, 0.2) is 0 Å². The molecule has 0 unspecified atom stereocenters. The van der Waals surface area contributed by atoms with Gasteiger partial charge in [-0.05, 0) is 53.1 Å². The molecule has 3 aromatic rings. The predicted molar refractivity (Wildman–Crippen MR) is 120 cm³/mol. The third kappa shape index (κ3) is 3.94. The summed E-state index contributed by atoms with van der Waals surface area (Å²) in [5.74, 6) is 0.341. The molecule has 0 bridgehead atoms. The van der Waals surface area contributed by atoms with Crippen molar-refractivity contribution in [1.29, 1.82) is 0 Å². The Morgan fingerprint density at radius 2 is 1.19 bits per heavy atom. The van der Waals surface area contributed by atoms with Crippen molar-refractivity contribution >= 4 is 0 Å². The number of fused-ring (bicyclic) bond motifs is 1. The summed E-state index contributed by atoms with van der Waals surface area (Å²) in [6.45, 7) is 0.515.